The highest BCUT2D eigenvalue weighted by molar-refractivity contribution is 5.76. The SMILES string of the molecule is O=C1CCCCN1CCCN[C@H]1CC2(CCC2)Oc2ccccc21. The van der Waals surface area contributed by atoms with E-state index in [0.29, 0.717) is 11.9 Å². The number of piperidine rings is 1. The van der Waals surface area contributed by atoms with Crippen molar-refractivity contribution in [3.8, 4) is 5.75 Å². The van der Waals surface area contributed by atoms with Crippen LogP contribution in [0, 0.1) is 0 Å². The third kappa shape index (κ3) is 3.16. The van der Waals surface area contributed by atoms with Crippen molar-refractivity contribution in [3.05, 3.63) is 29.8 Å². The Hall–Kier alpha value is -1.55. The van der Waals surface area contributed by atoms with E-state index in [0.717, 1.165) is 57.5 Å². The molecule has 1 aliphatic carbocycles. The molecule has 1 spiro atoms. The van der Waals surface area contributed by atoms with Gasteiger partial charge in [-0.1, -0.05) is 18.2 Å². The van der Waals surface area contributed by atoms with E-state index in [1.54, 1.807) is 0 Å². The van der Waals surface area contributed by atoms with Crippen molar-refractivity contribution < 1.29 is 9.53 Å². The van der Waals surface area contributed by atoms with Crippen molar-refractivity contribution in [1.29, 1.82) is 0 Å². The first-order chi connectivity index (χ1) is 11.8. The third-order valence-electron chi connectivity index (χ3n) is 5.88. The Morgan fingerprint density at radius 1 is 1.21 bits per heavy atom. The minimum absolute atomic E-state index is 0.0782. The molecule has 1 amide bonds. The van der Waals surface area contributed by atoms with Gasteiger partial charge in [-0.25, -0.2) is 0 Å². The van der Waals surface area contributed by atoms with Gasteiger partial charge in [0.15, 0.2) is 0 Å². The maximum atomic E-state index is 11.9. The lowest BCUT2D eigenvalue weighted by Gasteiger charge is -2.48. The summed E-state index contributed by atoms with van der Waals surface area (Å²) in [5, 5.41) is 3.74. The lowest BCUT2D eigenvalue weighted by Crippen LogP contribution is -2.49. The van der Waals surface area contributed by atoms with Gasteiger partial charge in [0, 0.05) is 37.5 Å². The normalized spacial score (nSPS) is 25.1. The Bertz CT molecular complexity index is 597. The van der Waals surface area contributed by atoms with Gasteiger partial charge in [0.2, 0.25) is 5.91 Å². The number of ether oxygens (including phenoxy) is 1. The fraction of sp³-hybridized carbons (Fsp3) is 0.650. The molecule has 3 aliphatic rings. The summed E-state index contributed by atoms with van der Waals surface area (Å²) in [5.74, 6) is 1.40. The van der Waals surface area contributed by atoms with E-state index in [-0.39, 0.29) is 5.60 Å². The van der Waals surface area contributed by atoms with Gasteiger partial charge in [-0.15, -0.1) is 0 Å². The standard InChI is InChI=1S/C20H28N2O2/c23-19-9-3-4-13-22(19)14-6-12-21-17-15-20(10-5-11-20)24-18-8-2-1-7-16(17)18/h1-2,7-8,17,21H,3-6,9-15H2/t17-/m0/s1. The molecule has 4 heteroatoms. The first kappa shape index (κ1) is 15.9. The highest BCUT2D eigenvalue weighted by atomic mass is 16.5. The Morgan fingerprint density at radius 3 is 2.88 bits per heavy atom. The first-order valence-corrected chi connectivity index (χ1v) is 9.55. The molecule has 2 fully saturated rings. The highest BCUT2D eigenvalue weighted by Crippen LogP contribution is 2.48. The zero-order valence-electron chi connectivity index (χ0n) is 14.4. The number of benzene rings is 1. The molecule has 4 nitrogen and oxygen atoms in total. The second kappa shape index (κ2) is 6.75. The Labute approximate surface area is 144 Å². The number of nitrogens with one attached hydrogen (secondary N) is 1. The molecule has 1 atom stereocenters. The van der Waals surface area contributed by atoms with Crippen LogP contribution >= 0.6 is 0 Å². The number of hydrogen-bond acceptors (Lipinski definition) is 3. The van der Waals surface area contributed by atoms with Crippen LogP contribution in [0.1, 0.15) is 63.0 Å². The summed E-state index contributed by atoms with van der Waals surface area (Å²) in [6.07, 6.45) is 8.72. The van der Waals surface area contributed by atoms with Gasteiger partial charge in [-0.2, -0.15) is 0 Å². The van der Waals surface area contributed by atoms with Crippen molar-refractivity contribution in [3.63, 3.8) is 0 Å². The molecular formula is C20H28N2O2. The van der Waals surface area contributed by atoms with Crippen LogP contribution in [-0.4, -0.2) is 36.0 Å². The van der Waals surface area contributed by atoms with Crippen molar-refractivity contribution >= 4 is 5.91 Å². The average Bonchev–Trinajstić information content (AvgIpc) is 2.58. The fourth-order valence-corrected chi connectivity index (χ4v) is 4.32. The van der Waals surface area contributed by atoms with Gasteiger partial charge in [-0.3, -0.25) is 4.79 Å². The number of carbonyl (C=O) groups is 1. The highest BCUT2D eigenvalue weighted by Gasteiger charge is 2.45. The summed E-state index contributed by atoms with van der Waals surface area (Å²) in [5.41, 5.74) is 1.37. The maximum Gasteiger partial charge on any atom is 0.222 e. The van der Waals surface area contributed by atoms with E-state index in [9.17, 15) is 4.79 Å². The molecule has 1 saturated heterocycles. The fourth-order valence-electron chi connectivity index (χ4n) is 4.32. The topological polar surface area (TPSA) is 41.6 Å². The molecule has 1 saturated carbocycles. The summed E-state index contributed by atoms with van der Waals surface area (Å²) in [6, 6.07) is 8.84. The molecule has 0 aromatic heterocycles. The second-order valence-electron chi connectivity index (χ2n) is 7.58. The summed E-state index contributed by atoms with van der Waals surface area (Å²) >= 11 is 0. The van der Waals surface area contributed by atoms with Gasteiger partial charge in [0.05, 0.1) is 0 Å². The minimum atomic E-state index is 0.0782. The Kier molecular flexibility index (Phi) is 4.49. The Balaban J connectivity index is 1.33. The molecule has 0 radical (unpaired) electrons. The molecule has 0 unspecified atom stereocenters. The van der Waals surface area contributed by atoms with Crippen molar-refractivity contribution in [2.45, 2.75) is 63.0 Å². The van der Waals surface area contributed by atoms with Crippen LogP contribution in [0.15, 0.2) is 24.3 Å². The summed E-state index contributed by atoms with van der Waals surface area (Å²) < 4.78 is 6.31. The van der Waals surface area contributed by atoms with Crippen LogP contribution in [0.3, 0.4) is 0 Å². The van der Waals surface area contributed by atoms with Gasteiger partial charge in [0.1, 0.15) is 11.4 Å². The monoisotopic (exact) mass is 328 g/mol. The van der Waals surface area contributed by atoms with Crippen LogP contribution in [0.25, 0.3) is 0 Å². The van der Waals surface area contributed by atoms with Crippen molar-refractivity contribution in [1.82, 2.24) is 10.2 Å². The van der Waals surface area contributed by atoms with Crippen molar-refractivity contribution in [2.24, 2.45) is 0 Å². The van der Waals surface area contributed by atoms with Crippen LogP contribution in [0.5, 0.6) is 5.75 Å². The predicted molar refractivity (Wildman–Crippen MR) is 94.1 cm³/mol. The minimum Gasteiger partial charge on any atom is -0.487 e. The lowest BCUT2D eigenvalue weighted by molar-refractivity contribution is -0.133. The van der Waals surface area contributed by atoms with Gasteiger partial charge in [0.25, 0.3) is 0 Å². The molecule has 130 valence electrons. The van der Waals surface area contributed by atoms with Crippen molar-refractivity contribution in [2.75, 3.05) is 19.6 Å². The van der Waals surface area contributed by atoms with Gasteiger partial charge >= 0.3 is 0 Å². The summed E-state index contributed by atoms with van der Waals surface area (Å²) in [6.45, 7) is 2.79. The van der Waals surface area contributed by atoms with Crippen LogP contribution in [-0.2, 0) is 4.79 Å². The predicted octanol–water partition coefficient (Wildman–Crippen LogP) is 3.43. The van der Waals surface area contributed by atoms with E-state index in [2.05, 4.69) is 29.6 Å². The van der Waals surface area contributed by atoms with Crippen LogP contribution in [0.4, 0.5) is 0 Å². The molecule has 1 aromatic rings. The summed E-state index contributed by atoms with van der Waals surface area (Å²) in [4.78, 5) is 13.9. The summed E-state index contributed by atoms with van der Waals surface area (Å²) in [7, 11) is 0. The van der Waals surface area contributed by atoms with E-state index in [1.165, 1.54) is 24.8 Å². The quantitative estimate of drug-likeness (QED) is 0.842. The molecule has 1 aromatic carbocycles. The van der Waals surface area contributed by atoms with E-state index in [1.807, 2.05) is 4.90 Å². The lowest BCUT2D eigenvalue weighted by atomic mass is 9.73. The third-order valence-corrected chi connectivity index (χ3v) is 5.88. The number of likely N-dealkylation sites (tertiary alicyclic amines) is 1. The van der Waals surface area contributed by atoms with E-state index in [4.69, 9.17) is 4.74 Å². The molecule has 4 rings (SSSR count). The molecular weight excluding hydrogens is 300 g/mol. The molecule has 1 N–H and O–H groups in total. The number of amides is 1. The second-order valence-corrected chi connectivity index (χ2v) is 7.58. The number of carbonyl (C=O) groups excluding carboxylic acids is 1. The number of nitrogens with zero attached hydrogens (tertiary/aromatic N) is 1. The van der Waals surface area contributed by atoms with E-state index >= 15 is 0 Å². The number of para-hydroxylation sites is 1. The number of rotatable bonds is 5. The van der Waals surface area contributed by atoms with Gasteiger partial charge in [-0.05, 0) is 51.1 Å². The molecule has 24 heavy (non-hydrogen) atoms. The zero-order chi connectivity index (χ0) is 16.4. The van der Waals surface area contributed by atoms with Crippen LogP contribution in [0.2, 0.25) is 0 Å². The first-order valence-electron chi connectivity index (χ1n) is 9.55. The molecule has 2 aliphatic heterocycles. The molecule has 2 heterocycles. The largest absolute Gasteiger partial charge is 0.487 e. The van der Waals surface area contributed by atoms with E-state index < -0.39 is 0 Å². The van der Waals surface area contributed by atoms with Gasteiger partial charge < -0.3 is 15.0 Å². The Morgan fingerprint density at radius 2 is 2.08 bits per heavy atom. The molecule has 0 bridgehead atoms. The number of hydrogen-bond donors (Lipinski definition) is 1. The van der Waals surface area contributed by atoms with Crippen LogP contribution < -0.4 is 10.1 Å². The number of fused-ring (bicyclic) bond motifs is 1. The maximum absolute atomic E-state index is 11.9. The smallest absolute Gasteiger partial charge is 0.222 e. The zero-order valence-corrected chi connectivity index (χ0v) is 14.4. The average molecular weight is 328 g/mol.